The zero-order valence-corrected chi connectivity index (χ0v) is 13.5. The molecule has 2 rings (SSSR count). The van der Waals surface area contributed by atoms with Gasteiger partial charge in [0.1, 0.15) is 12.4 Å². The van der Waals surface area contributed by atoms with Gasteiger partial charge in [-0.25, -0.2) is 0 Å². The van der Waals surface area contributed by atoms with Crippen LogP contribution in [-0.2, 0) is 6.61 Å². The Hall–Kier alpha value is -1.26. The van der Waals surface area contributed by atoms with Gasteiger partial charge in [0.05, 0.1) is 10.7 Å². The number of hydrogen-bond acceptors (Lipinski definition) is 3. The number of hydrogen-bond donors (Lipinski definition) is 1. The summed E-state index contributed by atoms with van der Waals surface area (Å²) in [7, 11) is 0. The molecule has 0 saturated carbocycles. The SMILES string of the molecule is CCCNc1ccnc(COc2ccc(Br)cc2Cl)c1. The summed E-state index contributed by atoms with van der Waals surface area (Å²) < 4.78 is 6.62. The monoisotopic (exact) mass is 354 g/mol. The number of nitrogens with zero attached hydrogens (tertiary/aromatic N) is 1. The van der Waals surface area contributed by atoms with Crippen molar-refractivity contribution in [3.63, 3.8) is 0 Å². The maximum Gasteiger partial charge on any atom is 0.138 e. The van der Waals surface area contributed by atoms with Gasteiger partial charge in [-0.1, -0.05) is 34.5 Å². The van der Waals surface area contributed by atoms with Crippen LogP contribution in [0, 0.1) is 0 Å². The highest BCUT2D eigenvalue weighted by atomic mass is 79.9. The van der Waals surface area contributed by atoms with Crippen LogP contribution in [0.3, 0.4) is 0 Å². The van der Waals surface area contributed by atoms with Crippen molar-refractivity contribution in [1.29, 1.82) is 0 Å². The molecule has 3 nitrogen and oxygen atoms in total. The first-order valence-corrected chi connectivity index (χ1v) is 7.63. The van der Waals surface area contributed by atoms with Gasteiger partial charge >= 0.3 is 0 Å². The molecular formula is C15H16BrClN2O. The third-order valence-electron chi connectivity index (χ3n) is 2.67. The fraction of sp³-hybridized carbons (Fsp3) is 0.267. The largest absolute Gasteiger partial charge is 0.486 e. The lowest BCUT2D eigenvalue weighted by molar-refractivity contribution is 0.301. The second-order valence-corrected chi connectivity index (χ2v) is 5.65. The molecule has 20 heavy (non-hydrogen) atoms. The molecule has 106 valence electrons. The van der Waals surface area contributed by atoms with E-state index < -0.39 is 0 Å². The first kappa shape index (κ1) is 15.1. The molecule has 0 unspecified atom stereocenters. The molecule has 1 aromatic carbocycles. The Balaban J connectivity index is 1.99. The summed E-state index contributed by atoms with van der Waals surface area (Å²) in [6.07, 6.45) is 2.86. The van der Waals surface area contributed by atoms with Gasteiger partial charge in [0.15, 0.2) is 0 Å². The Bertz CT molecular complexity index is 578. The number of ether oxygens (including phenoxy) is 1. The van der Waals surface area contributed by atoms with Crippen LogP contribution in [0.4, 0.5) is 5.69 Å². The molecule has 0 amide bonds. The van der Waals surface area contributed by atoms with Crippen LogP contribution in [0.1, 0.15) is 19.0 Å². The summed E-state index contributed by atoms with van der Waals surface area (Å²) >= 11 is 9.47. The third-order valence-corrected chi connectivity index (χ3v) is 3.45. The maximum absolute atomic E-state index is 6.11. The minimum Gasteiger partial charge on any atom is -0.486 e. The number of halogens is 2. The Morgan fingerprint density at radius 3 is 2.90 bits per heavy atom. The highest BCUT2D eigenvalue weighted by Gasteiger charge is 2.04. The predicted molar refractivity (Wildman–Crippen MR) is 86.5 cm³/mol. The van der Waals surface area contributed by atoms with Gasteiger partial charge in [-0.15, -0.1) is 0 Å². The Morgan fingerprint density at radius 2 is 2.15 bits per heavy atom. The number of nitrogens with one attached hydrogen (secondary N) is 1. The van der Waals surface area contributed by atoms with Crippen LogP contribution < -0.4 is 10.1 Å². The van der Waals surface area contributed by atoms with Crippen molar-refractivity contribution in [1.82, 2.24) is 4.98 Å². The standard InChI is InChI=1S/C15H16BrClN2O/c1-2-6-18-12-5-7-19-13(9-12)10-20-15-4-3-11(16)8-14(15)17/h3-5,7-9H,2,6,10H2,1H3,(H,18,19). The van der Waals surface area contributed by atoms with Crippen molar-refractivity contribution >= 4 is 33.2 Å². The number of benzene rings is 1. The van der Waals surface area contributed by atoms with E-state index in [9.17, 15) is 0 Å². The minimum atomic E-state index is 0.392. The van der Waals surface area contributed by atoms with E-state index in [0.29, 0.717) is 17.4 Å². The molecule has 2 aromatic rings. The molecule has 0 saturated heterocycles. The highest BCUT2D eigenvalue weighted by Crippen LogP contribution is 2.28. The van der Waals surface area contributed by atoms with E-state index in [1.54, 1.807) is 6.20 Å². The molecule has 0 aliphatic carbocycles. The molecule has 0 radical (unpaired) electrons. The van der Waals surface area contributed by atoms with Gasteiger partial charge in [-0.3, -0.25) is 4.98 Å². The minimum absolute atomic E-state index is 0.392. The van der Waals surface area contributed by atoms with E-state index in [4.69, 9.17) is 16.3 Å². The summed E-state index contributed by atoms with van der Waals surface area (Å²) in [5.74, 6) is 0.656. The number of anilines is 1. The fourth-order valence-corrected chi connectivity index (χ4v) is 2.41. The Kier molecular flexibility index (Phi) is 5.68. The summed E-state index contributed by atoms with van der Waals surface area (Å²) in [4.78, 5) is 4.29. The zero-order chi connectivity index (χ0) is 14.4. The normalized spacial score (nSPS) is 10.3. The molecule has 1 heterocycles. The van der Waals surface area contributed by atoms with Crippen LogP contribution in [-0.4, -0.2) is 11.5 Å². The maximum atomic E-state index is 6.11. The van der Waals surface area contributed by atoms with E-state index in [0.717, 1.165) is 28.8 Å². The molecule has 0 aliphatic rings. The molecular weight excluding hydrogens is 340 g/mol. The molecule has 5 heteroatoms. The van der Waals surface area contributed by atoms with Crippen molar-refractivity contribution in [2.45, 2.75) is 20.0 Å². The lowest BCUT2D eigenvalue weighted by Crippen LogP contribution is -2.03. The van der Waals surface area contributed by atoms with Crippen LogP contribution in [0.2, 0.25) is 5.02 Å². The quantitative estimate of drug-likeness (QED) is 0.800. The molecule has 0 aliphatic heterocycles. The smallest absolute Gasteiger partial charge is 0.138 e. The van der Waals surface area contributed by atoms with Crippen LogP contribution in [0.5, 0.6) is 5.75 Å². The molecule has 1 aromatic heterocycles. The van der Waals surface area contributed by atoms with E-state index in [-0.39, 0.29) is 0 Å². The van der Waals surface area contributed by atoms with Gasteiger partial charge in [0.25, 0.3) is 0 Å². The Labute approximate surface area is 132 Å². The summed E-state index contributed by atoms with van der Waals surface area (Å²) in [5.41, 5.74) is 1.92. The van der Waals surface area contributed by atoms with Crippen LogP contribution in [0.15, 0.2) is 41.0 Å². The van der Waals surface area contributed by atoms with Crippen LogP contribution in [0.25, 0.3) is 0 Å². The summed E-state index contributed by atoms with van der Waals surface area (Å²) in [5, 5.41) is 3.91. The van der Waals surface area contributed by atoms with Gasteiger partial charge in [-0.05, 0) is 36.8 Å². The summed E-state index contributed by atoms with van der Waals surface area (Å²) in [6.45, 7) is 3.47. The summed E-state index contributed by atoms with van der Waals surface area (Å²) in [6, 6.07) is 9.48. The van der Waals surface area contributed by atoms with Crippen molar-refractivity contribution in [2.75, 3.05) is 11.9 Å². The van der Waals surface area contributed by atoms with Gasteiger partial charge in [-0.2, -0.15) is 0 Å². The number of pyridine rings is 1. The van der Waals surface area contributed by atoms with E-state index >= 15 is 0 Å². The van der Waals surface area contributed by atoms with Crippen molar-refractivity contribution in [2.24, 2.45) is 0 Å². The van der Waals surface area contributed by atoms with Crippen molar-refractivity contribution in [3.05, 3.63) is 51.7 Å². The molecule has 0 fully saturated rings. The van der Waals surface area contributed by atoms with E-state index in [2.05, 4.69) is 33.2 Å². The zero-order valence-electron chi connectivity index (χ0n) is 11.2. The lowest BCUT2D eigenvalue weighted by atomic mass is 10.3. The molecule has 1 N–H and O–H groups in total. The van der Waals surface area contributed by atoms with Gasteiger partial charge in [0.2, 0.25) is 0 Å². The van der Waals surface area contributed by atoms with Crippen LogP contribution >= 0.6 is 27.5 Å². The fourth-order valence-electron chi connectivity index (χ4n) is 1.68. The van der Waals surface area contributed by atoms with E-state index in [1.807, 2.05) is 30.3 Å². The first-order valence-electron chi connectivity index (χ1n) is 6.45. The average molecular weight is 356 g/mol. The average Bonchev–Trinajstić information content (AvgIpc) is 2.45. The second-order valence-electron chi connectivity index (χ2n) is 4.33. The van der Waals surface area contributed by atoms with Gasteiger partial charge < -0.3 is 10.1 Å². The lowest BCUT2D eigenvalue weighted by Gasteiger charge is -2.09. The van der Waals surface area contributed by atoms with E-state index in [1.165, 1.54) is 0 Å². The van der Waals surface area contributed by atoms with Gasteiger partial charge in [0, 0.05) is 22.9 Å². The number of rotatable bonds is 6. The highest BCUT2D eigenvalue weighted by molar-refractivity contribution is 9.10. The van der Waals surface area contributed by atoms with Crippen molar-refractivity contribution in [3.8, 4) is 5.75 Å². The molecule has 0 bridgehead atoms. The first-order chi connectivity index (χ1) is 9.69. The number of aromatic nitrogens is 1. The topological polar surface area (TPSA) is 34.2 Å². The Morgan fingerprint density at radius 1 is 1.30 bits per heavy atom. The predicted octanol–water partition coefficient (Wildman–Crippen LogP) is 4.90. The second kappa shape index (κ2) is 7.50. The van der Waals surface area contributed by atoms with Crippen molar-refractivity contribution < 1.29 is 4.74 Å². The third kappa shape index (κ3) is 4.39. The molecule has 0 spiro atoms. The molecule has 0 atom stereocenters.